The van der Waals surface area contributed by atoms with Crippen LogP contribution in [0.2, 0.25) is 0 Å². The van der Waals surface area contributed by atoms with E-state index < -0.39 is 0 Å². The van der Waals surface area contributed by atoms with Crippen LogP contribution in [0.15, 0.2) is 72.6 Å². The van der Waals surface area contributed by atoms with Crippen molar-refractivity contribution in [3.63, 3.8) is 0 Å². The summed E-state index contributed by atoms with van der Waals surface area (Å²) in [6.07, 6.45) is 3.66. The van der Waals surface area contributed by atoms with Crippen LogP contribution in [0.5, 0.6) is 11.6 Å². The van der Waals surface area contributed by atoms with Gasteiger partial charge in [0, 0.05) is 68.4 Å². The molecule has 2 fully saturated rings. The van der Waals surface area contributed by atoms with Crippen LogP contribution in [0.1, 0.15) is 19.8 Å². The van der Waals surface area contributed by atoms with Gasteiger partial charge in [-0.25, -0.2) is 4.98 Å². The molecule has 0 bridgehead atoms. The number of hydrogen-bond acceptors (Lipinski definition) is 9. The van der Waals surface area contributed by atoms with E-state index in [1.54, 1.807) is 12.1 Å². The van der Waals surface area contributed by atoms with Crippen LogP contribution in [0, 0.1) is 0 Å². The van der Waals surface area contributed by atoms with Crippen molar-refractivity contribution in [3.05, 3.63) is 72.6 Å². The zero-order valence-electron chi connectivity index (χ0n) is 24.0. The molecule has 1 amide bonds. The lowest BCUT2D eigenvalue weighted by molar-refractivity contribution is -0.111. The molecule has 0 radical (unpaired) electrons. The summed E-state index contributed by atoms with van der Waals surface area (Å²) >= 11 is 1.52. The number of piperazine rings is 1. The van der Waals surface area contributed by atoms with Gasteiger partial charge in [-0.2, -0.15) is 4.98 Å². The van der Waals surface area contributed by atoms with E-state index in [0.717, 1.165) is 35.5 Å². The first-order valence-corrected chi connectivity index (χ1v) is 15.5. The quantitative estimate of drug-likeness (QED) is 0.234. The maximum absolute atomic E-state index is 11.7. The fourth-order valence-corrected chi connectivity index (χ4v) is 6.48. The summed E-state index contributed by atoms with van der Waals surface area (Å²) in [4.78, 5) is 28.8. The first-order valence-electron chi connectivity index (χ1n) is 14.6. The van der Waals surface area contributed by atoms with Crippen LogP contribution < -0.4 is 20.3 Å². The third kappa shape index (κ3) is 6.56. The van der Waals surface area contributed by atoms with Gasteiger partial charge in [0.2, 0.25) is 17.7 Å². The van der Waals surface area contributed by atoms with Gasteiger partial charge in [-0.3, -0.25) is 9.69 Å². The smallest absolute Gasteiger partial charge is 0.247 e. The van der Waals surface area contributed by atoms with Crippen molar-refractivity contribution in [3.8, 4) is 11.6 Å². The highest BCUT2D eigenvalue weighted by Crippen LogP contribution is 2.34. The lowest BCUT2D eigenvalue weighted by atomic mass is 10.0. The number of carbonyl (C=O) groups excluding carboxylic acids is 1. The van der Waals surface area contributed by atoms with Gasteiger partial charge in [-0.05, 0) is 73.3 Å². The predicted octanol–water partition coefficient (Wildman–Crippen LogP) is 5.96. The Bertz CT molecular complexity index is 1520. The molecular weight excluding hydrogens is 546 g/mol. The molecule has 6 rings (SSSR count). The normalized spacial score (nSPS) is 16.8. The van der Waals surface area contributed by atoms with E-state index in [9.17, 15) is 4.79 Å². The Morgan fingerprint density at radius 3 is 2.55 bits per heavy atom. The summed E-state index contributed by atoms with van der Waals surface area (Å²) in [5, 5.41) is 8.08. The first kappa shape index (κ1) is 28.1. The first-order chi connectivity index (χ1) is 20.6. The van der Waals surface area contributed by atoms with Crippen molar-refractivity contribution in [2.24, 2.45) is 0 Å². The fraction of sp³-hybridized carbons (Fsp3) is 0.344. The highest BCUT2D eigenvalue weighted by atomic mass is 32.1. The molecular formula is C32H37N7O2S. The average Bonchev–Trinajstić information content (AvgIpc) is 3.51. The number of nitrogens with zero attached hydrogens (tertiary/aromatic N) is 5. The van der Waals surface area contributed by atoms with Crippen molar-refractivity contribution in [2.75, 3.05) is 61.3 Å². The highest BCUT2D eigenvalue weighted by molar-refractivity contribution is 7.17. The number of benzene rings is 2. The van der Waals surface area contributed by atoms with Gasteiger partial charge in [-0.15, -0.1) is 11.3 Å². The molecule has 2 aromatic carbocycles. The number of carbonyl (C=O) groups is 1. The Morgan fingerprint density at radius 1 is 1.02 bits per heavy atom. The maximum atomic E-state index is 11.7. The summed E-state index contributed by atoms with van der Waals surface area (Å²) < 4.78 is 7.03. The second-order valence-electron chi connectivity index (χ2n) is 10.7. The summed E-state index contributed by atoms with van der Waals surface area (Å²) in [6.45, 7) is 13.9. The Balaban J connectivity index is 1.09. The SMILES string of the molecule is C=CC(=O)Nc1cccc(Oc2nc(Nc3ccc(N4CCC(N5CCN(CC)CC5)CC4)cc3)nc3ccsc23)c1. The van der Waals surface area contributed by atoms with Gasteiger partial charge in [0.25, 0.3) is 0 Å². The van der Waals surface area contributed by atoms with Crippen molar-refractivity contribution in [1.82, 2.24) is 19.8 Å². The van der Waals surface area contributed by atoms with Crippen LogP contribution in [-0.4, -0.2) is 77.5 Å². The van der Waals surface area contributed by atoms with Gasteiger partial charge in [0.1, 0.15) is 10.4 Å². The van der Waals surface area contributed by atoms with E-state index in [2.05, 4.69) is 68.1 Å². The number of rotatable bonds is 9. The van der Waals surface area contributed by atoms with Crippen molar-refractivity contribution in [2.45, 2.75) is 25.8 Å². The molecule has 2 aromatic heterocycles. The third-order valence-corrected chi connectivity index (χ3v) is 8.99. The molecule has 4 heterocycles. The molecule has 0 unspecified atom stereocenters. The number of hydrogen-bond donors (Lipinski definition) is 2. The predicted molar refractivity (Wildman–Crippen MR) is 171 cm³/mol. The van der Waals surface area contributed by atoms with E-state index in [1.165, 1.54) is 62.1 Å². The molecule has 2 saturated heterocycles. The Morgan fingerprint density at radius 2 is 1.81 bits per heavy atom. The van der Waals surface area contributed by atoms with Crippen LogP contribution in [-0.2, 0) is 4.79 Å². The molecule has 2 N–H and O–H groups in total. The molecule has 2 aliphatic heterocycles. The minimum Gasteiger partial charge on any atom is -0.437 e. The molecule has 10 heteroatoms. The van der Waals surface area contributed by atoms with Crippen molar-refractivity contribution >= 4 is 50.5 Å². The number of nitrogens with one attached hydrogen (secondary N) is 2. The summed E-state index contributed by atoms with van der Waals surface area (Å²) in [6, 6.07) is 18.4. The third-order valence-electron chi connectivity index (χ3n) is 8.10. The Kier molecular flexibility index (Phi) is 8.64. The van der Waals surface area contributed by atoms with Gasteiger partial charge in [-0.1, -0.05) is 19.6 Å². The van der Waals surface area contributed by atoms with Crippen molar-refractivity contribution < 1.29 is 9.53 Å². The second kappa shape index (κ2) is 12.9. The van der Waals surface area contributed by atoms with Crippen LogP contribution in [0.25, 0.3) is 10.2 Å². The molecule has 0 saturated carbocycles. The van der Waals surface area contributed by atoms with Gasteiger partial charge >= 0.3 is 0 Å². The lowest BCUT2D eigenvalue weighted by Gasteiger charge is -2.43. The number of ether oxygens (including phenoxy) is 1. The number of amides is 1. The van der Waals surface area contributed by atoms with Crippen LogP contribution in [0.3, 0.4) is 0 Å². The average molecular weight is 584 g/mol. The van der Waals surface area contributed by atoms with Gasteiger partial charge in [0.15, 0.2) is 0 Å². The molecule has 0 atom stereocenters. The molecule has 4 aromatic rings. The largest absolute Gasteiger partial charge is 0.437 e. The van der Waals surface area contributed by atoms with E-state index in [1.807, 2.05) is 23.6 Å². The molecule has 0 aliphatic carbocycles. The topological polar surface area (TPSA) is 85.9 Å². The molecule has 42 heavy (non-hydrogen) atoms. The number of fused-ring (bicyclic) bond motifs is 1. The van der Waals surface area contributed by atoms with Gasteiger partial charge in [0.05, 0.1) is 5.52 Å². The van der Waals surface area contributed by atoms with E-state index >= 15 is 0 Å². The number of piperidine rings is 1. The van der Waals surface area contributed by atoms with E-state index in [0.29, 0.717) is 29.3 Å². The summed E-state index contributed by atoms with van der Waals surface area (Å²) in [7, 11) is 0. The maximum Gasteiger partial charge on any atom is 0.247 e. The Hall–Kier alpha value is -3.99. The van der Waals surface area contributed by atoms with Crippen molar-refractivity contribution in [1.29, 1.82) is 0 Å². The number of anilines is 4. The minimum absolute atomic E-state index is 0.280. The fourth-order valence-electron chi connectivity index (χ4n) is 5.72. The summed E-state index contributed by atoms with van der Waals surface area (Å²) in [5.74, 6) is 1.20. The van der Waals surface area contributed by atoms with E-state index in [-0.39, 0.29) is 5.91 Å². The van der Waals surface area contributed by atoms with Gasteiger partial charge < -0.3 is 25.2 Å². The van der Waals surface area contributed by atoms with E-state index in [4.69, 9.17) is 9.72 Å². The number of thiophene rings is 1. The molecule has 218 valence electrons. The molecule has 0 spiro atoms. The lowest BCUT2D eigenvalue weighted by Crippen LogP contribution is -2.53. The second-order valence-corrected chi connectivity index (χ2v) is 11.6. The number of likely N-dealkylation sites (N-methyl/N-ethyl adjacent to an activating group) is 1. The monoisotopic (exact) mass is 583 g/mol. The minimum atomic E-state index is -0.280. The number of aromatic nitrogens is 2. The highest BCUT2D eigenvalue weighted by Gasteiger charge is 2.27. The zero-order chi connectivity index (χ0) is 28.9. The van der Waals surface area contributed by atoms with Crippen LogP contribution >= 0.6 is 11.3 Å². The van der Waals surface area contributed by atoms with Crippen LogP contribution in [0.4, 0.5) is 23.0 Å². The molecule has 2 aliphatic rings. The standard InChI is InChI=1S/C32H37N7O2S/c1-3-29(40)33-24-6-5-7-27(22-24)41-31-30-28(14-21-42-30)35-32(36-31)34-23-8-10-25(11-9-23)38-15-12-26(13-16-38)39-19-17-37(4-2)18-20-39/h3,5-11,14,21-22,26H,1,4,12-13,15-20H2,2H3,(H,33,40)(H,34,35,36). The Labute approximate surface area is 250 Å². The summed E-state index contributed by atoms with van der Waals surface area (Å²) in [5.41, 5.74) is 3.58. The molecule has 9 nitrogen and oxygen atoms in total. The zero-order valence-corrected chi connectivity index (χ0v) is 24.8.